The molecule has 2 heterocycles. The van der Waals surface area contributed by atoms with E-state index in [4.69, 9.17) is 11.6 Å². The van der Waals surface area contributed by atoms with Gasteiger partial charge in [-0.2, -0.15) is 0 Å². The third-order valence-corrected chi connectivity index (χ3v) is 4.76. The first-order chi connectivity index (χ1) is 13.3. The summed E-state index contributed by atoms with van der Waals surface area (Å²) < 4.78 is 3.75. The van der Waals surface area contributed by atoms with E-state index >= 15 is 0 Å². The Morgan fingerprint density at radius 2 is 2.00 bits per heavy atom. The van der Waals surface area contributed by atoms with Crippen LogP contribution in [0.2, 0.25) is 5.02 Å². The van der Waals surface area contributed by atoms with Crippen molar-refractivity contribution >= 4 is 34.4 Å². The normalized spacial score (nSPS) is 11.1. The lowest BCUT2D eigenvalue weighted by Gasteiger charge is -2.23. The van der Waals surface area contributed by atoms with Crippen molar-refractivity contribution in [3.8, 4) is 0 Å². The quantitative estimate of drug-likeness (QED) is 0.639. The summed E-state index contributed by atoms with van der Waals surface area (Å²) in [5.41, 5.74) is 0.150. The van der Waals surface area contributed by atoms with Gasteiger partial charge in [-0.1, -0.05) is 17.7 Å². The molecule has 0 bridgehead atoms. The molecule has 0 radical (unpaired) electrons. The number of aryl methyl sites for hydroxylation is 1. The van der Waals surface area contributed by atoms with Crippen LogP contribution in [0.4, 0.5) is 5.69 Å². The molecule has 28 heavy (non-hydrogen) atoms. The Bertz CT molecular complexity index is 1150. The predicted molar refractivity (Wildman–Crippen MR) is 108 cm³/mol. The lowest BCUT2D eigenvalue weighted by molar-refractivity contribution is -0.119. The van der Waals surface area contributed by atoms with E-state index < -0.39 is 11.2 Å². The maximum atomic E-state index is 13.0. The molecule has 148 valence electrons. The number of fused-ring (bicyclic) bond motifs is 1. The van der Waals surface area contributed by atoms with E-state index in [0.29, 0.717) is 23.8 Å². The van der Waals surface area contributed by atoms with E-state index in [1.165, 1.54) is 29.6 Å². The predicted octanol–water partition coefficient (Wildman–Crippen LogP) is 0.340. The van der Waals surface area contributed by atoms with Crippen molar-refractivity contribution in [3.63, 3.8) is 0 Å². The number of carbonyl (C=O) groups is 1. The average Bonchev–Trinajstić information content (AvgIpc) is 3.08. The van der Waals surface area contributed by atoms with E-state index in [-0.39, 0.29) is 23.6 Å². The van der Waals surface area contributed by atoms with E-state index in [9.17, 15) is 14.4 Å². The topological polar surface area (TPSA) is 94.2 Å². The van der Waals surface area contributed by atoms with Crippen molar-refractivity contribution in [1.82, 2.24) is 24.0 Å². The summed E-state index contributed by atoms with van der Waals surface area (Å²) in [7, 11) is 4.73. The second-order valence-corrected chi connectivity index (χ2v) is 6.82. The van der Waals surface area contributed by atoms with Crippen molar-refractivity contribution < 1.29 is 4.79 Å². The van der Waals surface area contributed by atoms with Crippen LogP contribution in [-0.2, 0) is 25.4 Å². The van der Waals surface area contributed by atoms with E-state index in [1.54, 1.807) is 36.2 Å². The lowest BCUT2D eigenvalue weighted by Crippen LogP contribution is -2.40. The van der Waals surface area contributed by atoms with Crippen LogP contribution in [0, 0.1) is 0 Å². The number of benzene rings is 1. The van der Waals surface area contributed by atoms with E-state index in [0.717, 1.165) is 4.57 Å². The van der Waals surface area contributed by atoms with E-state index in [1.807, 2.05) is 0 Å². The Balaban J connectivity index is 2.00. The molecular weight excluding hydrogens is 384 g/mol. The highest BCUT2D eigenvalue weighted by Crippen LogP contribution is 2.20. The molecule has 0 saturated carbocycles. The van der Waals surface area contributed by atoms with Crippen LogP contribution in [0.5, 0.6) is 0 Å². The van der Waals surface area contributed by atoms with Crippen LogP contribution in [-0.4, -0.2) is 44.7 Å². The first-order valence-corrected chi connectivity index (χ1v) is 9.04. The molecule has 10 heteroatoms. The SMILES string of the molecule is CNCCN(C(=O)Cn1cnc2c1c(=O)n(C)c(=O)n2C)c1cccc(Cl)c1. The zero-order valence-electron chi connectivity index (χ0n) is 15.8. The van der Waals surface area contributed by atoms with Crippen LogP contribution in [0.25, 0.3) is 11.2 Å². The number of anilines is 1. The summed E-state index contributed by atoms with van der Waals surface area (Å²) in [6.07, 6.45) is 1.40. The smallest absolute Gasteiger partial charge is 0.318 e. The van der Waals surface area contributed by atoms with Gasteiger partial charge in [-0.15, -0.1) is 0 Å². The summed E-state index contributed by atoms with van der Waals surface area (Å²) in [6, 6.07) is 7.02. The minimum atomic E-state index is -0.493. The van der Waals surface area contributed by atoms with Gasteiger partial charge < -0.3 is 14.8 Å². The van der Waals surface area contributed by atoms with Crippen LogP contribution in [0.3, 0.4) is 0 Å². The van der Waals surface area contributed by atoms with Gasteiger partial charge in [0.2, 0.25) is 5.91 Å². The third kappa shape index (κ3) is 3.58. The molecule has 1 amide bonds. The van der Waals surface area contributed by atoms with Crippen molar-refractivity contribution in [2.75, 3.05) is 25.0 Å². The van der Waals surface area contributed by atoms with Gasteiger partial charge in [0.1, 0.15) is 6.54 Å². The average molecular weight is 405 g/mol. The van der Waals surface area contributed by atoms with Crippen LogP contribution in [0.1, 0.15) is 0 Å². The van der Waals surface area contributed by atoms with E-state index in [2.05, 4.69) is 10.3 Å². The molecule has 2 aromatic heterocycles. The Hall–Kier alpha value is -2.91. The zero-order valence-corrected chi connectivity index (χ0v) is 16.6. The highest BCUT2D eigenvalue weighted by atomic mass is 35.5. The first-order valence-electron chi connectivity index (χ1n) is 8.66. The maximum absolute atomic E-state index is 13.0. The molecule has 9 nitrogen and oxygen atoms in total. The molecule has 0 aliphatic rings. The van der Waals surface area contributed by atoms with Crippen LogP contribution in [0.15, 0.2) is 40.2 Å². The van der Waals surface area contributed by atoms with Crippen molar-refractivity contribution in [1.29, 1.82) is 0 Å². The third-order valence-electron chi connectivity index (χ3n) is 4.53. The van der Waals surface area contributed by atoms with Crippen molar-refractivity contribution in [3.05, 3.63) is 56.5 Å². The molecule has 0 unspecified atom stereocenters. The zero-order chi connectivity index (χ0) is 20.4. The lowest BCUT2D eigenvalue weighted by atomic mass is 10.2. The number of likely N-dealkylation sites (N-methyl/N-ethyl adjacent to an activating group) is 1. The van der Waals surface area contributed by atoms with Crippen molar-refractivity contribution in [2.24, 2.45) is 14.1 Å². The highest BCUT2D eigenvalue weighted by Gasteiger charge is 2.20. The number of hydrogen-bond acceptors (Lipinski definition) is 5. The number of halogens is 1. The van der Waals surface area contributed by atoms with Gasteiger partial charge in [0.05, 0.1) is 6.33 Å². The number of rotatable bonds is 6. The molecule has 1 N–H and O–H groups in total. The number of nitrogens with one attached hydrogen (secondary N) is 1. The van der Waals surface area contributed by atoms with Gasteiger partial charge in [-0.05, 0) is 25.2 Å². The molecule has 0 aliphatic carbocycles. The fraction of sp³-hybridized carbons (Fsp3) is 0.333. The maximum Gasteiger partial charge on any atom is 0.332 e. The molecule has 3 rings (SSSR count). The summed E-state index contributed by atoms with van der Waals surface area (Å²) in [4.78, 5) is 43.4. The molecule has 0 atom stereocenters. The number of nitrogens with zero attached hydrogens (tertiary/aromatic N) is 5. The molecule has 0 spiro atoms. The Morgan fingerprint density at radius 1 is 1.25 bits per heavy atom. The fourth-order valence-corrected chi connectivity index (χ4v) is 3.20. The summed E-state index contributed by atoms with van der Waals surface area (Å²) in [5, 5.41) is 3.54. The van der Waals surface area contributed by atoms with Crippen LogP contribution < -0.4 is 21.5 Å². The number of aromatic nitrogens is 4. The monoisotopic (exact) mass is 404 g/mol. The summed E-state index contributed by atoms with van der Waals surface area (Å²) in [6.45, 7) is 0.915. The molecule has 1 aromatic carbocycles. The standard InChI is InChI=1S/C18H21ClN6O3/c1-20-7-8-25(13-6-4-5-12(19)9-13)14(26)10-24-11-21-16-15(24)17(27)23(3)18(28)22(16)2/h4-6,9,11,20H,7-8,10H2,1-3H3. The number of hydrogen-bond donors (Lipinski definition) is 1. The van der Waals surface area contributed by atoms with Crippen molar-refractivity contribution in [2.45, 2.75) is 6.54 Å². The second-order valence-electron chi connectivity index (χ2n) is 6.38. The molecule has 0 aliphatic heterocycles. The number of amides is 1. The first kappa shape index (κ1) is 19.8. The molecule has 3 aromatic rings. The Kier molecular flexibility index (Phi) is 5.66. The van der Waals surface area contributed by atoms with Gasteiger partial charge in [0.15, 0.2) is 11.2 Å². The van der Waals surface area contributed by atoms with Gasteiger partial charge >= 0.3 is 5.69 Å². The molecule has 0 fully saturated rings. The number of imidazole rings is 1. The van der Waals surface area contributed by atoms with Crippen LogP contribution >= 0.6 is 11.6 Å². The summed E-state index contributed by atoms with van der Waals surface area (Å²) in [5.74, 6) is -0.229. The molecule has 0 saturated heterocycles. The fourth-order valence-electron chi connectivity index (χ4n) is 3.01. The van der Waals surface area contributed by atoms with Gasteiger partial charge in [-0.3, -0.25) is 18.7 Å². The minimum Gasteiger partial charge on any atom is -0.318 e. The van der Waals surface area contributed by atoms with Gasteiger partial charge in [0, 0.05) is 37.9 Å². The molecular formula is C18H21ClN6O3. The van der Waals surface area contributed by atoms with Gasteiger partial charge in [-0.25, -0.2) is 9.78 Å². The second kappa shape index (κ2) is 7.99. The number of carbonyl (C=O) groups excluding carboxylic acids is 1. The van der Waals surface area contributed by atoms with Gasteiger partial charge in [0.25, 0.3) is 5.56 Å². The highest BCUT2D eigenvalue weighted by molar-refractivity contribution is 6.30. The minimum absolute atomic E-state index is 0.0971. The largest absolute Gasteiger partial charge is 0.332 e. The summed E-state index contributed by atoms with van der Waals surface area (Å²) >= 11 is 6.07. The Labute approximate surface area is 165 Å². The Morgan fingerprint density at radius 3 is 2.68 bits per heavy atom.